The first-order valence-electron chi connectivity index (χ1n) is 9.59. The molecule has 1 heterocycles. The predicted molar refractivity (Wildman–Crippen MR) is 106 cm³/mol. The molecule has 11 heteroatoms. The highest BCUT2D eigenvalue weighted by Crippen LogP contribution is 2.32. The molecule has 2 amide bonds. The molecule has 0 saturated carbocycles. The third-order valence-corrected chi connectivity index (χ3v) is 4.56. The van der Waals surface area contributed by atoms with Gasteiger partial charge in [-0.15, -0.1) is 5.10 Å². The molecule has 2 aromatic carbocycles. The summed E-state index contributed by atoms with van der Waals surface area (Å²) in [4.78, 5) is 26.3. The molecule has 32 heavy (non-hydrogen) atoms. The predicted octanol–water partition coefficient (Wildman–Crippen LogP) is 3.20. The van der Waals surface area contributed by atoms with Crippen LogP contribution in [0.4, 0.5) is 17.6 Å². The number of hydrogen-bond acceptors (Lipinski definition) is 4. The highest BCUT2D eigenvalue weighted by Gasteiger charge is 2.42. The Balaban J connectivity index is 1.77. The summed E-state index contributed by atoms with van der Waals surface area (Å²) in [5, 5.41) is 8.87. The van der Waals surface area contributed by atoms with Crippen LogP contribution in [0.5, 0.6) is 0 Å². The Hall–Kier alpha value is -3.76. The largest absolute Gasteiger partial charge is 0.435 e. The van der Waals surface area contributed by atoms with Crippen LogP contribution in [0.2, 0.25) is 0 Å². The van der Waals surface area contributed by atoms with Crippen LogP contribution < -0.4 is 5.32 Å². The van der Waals surface area contributed by atoms with E-state index in [4.69, 9.17) is 0 Å². The van der Waals surface area contributed by atoms with Gasteiger partial charge in [0, 0.05) is 13.1 Å². The van der Waals surface area contributed by atoms with Gasteiger partial charge < -0.3 is 10.2 Å². The van der Waals surface area contributed by atoms with Crippen LogP contribution in [0.25, 0.3) is 5.69 Å². The Kier molecular flexibility index (Phi) is 6.86. The van der Waals surface area contributed by atoms with Gasteiger partial charge >= 0.3 is 6.18 Å². The van der Waals surface area contributed by atoms with Crippen LogP contribution >= 0.6 is 0 Å². The molecule has 168 valence electrons. The van der Waals surface area contributed by atoms with Gasteiger partial charge in [0.25, 0.3) is 5.91 Å². The van der Waals surface area contributed by atoms with E-state index >= 15 is 0 Å². The highest BCUT2D eigenvalue weighted by molar-refractivity contribution is 5.96. The molecule has 0 saturated heterocycles. The number of likely N-dealkylation sites (N-methyl/N-ethyl adjacent to an activating group) is 1. The number of carbonyl (C=O) groups is 2. The summed E-state index contributed by atoms with van der Waals surface area (Å²) in [6, 6.07) is 13.4. The fourth-order valence-electron chi connectivity index (χ4n) is 3.01. The summed E-state index contributed by atoms with van der Waals surface area (Å²) in [6.45, 7) is 1.85. The van der Waals surface area contributed by atoms with E-state index in [1.807, 2.05) is 30.3 Å². The van der Waals surface area contributed by atoms with Crippen molar-refractivity contribution in [2.24, 2.45) is 0 Å². The molecule has 0 radical (unpaired) electrons. The first-order chi connectivity index (χ1) is 15.2. The molecule has 0 spiro atoms. The number of benzene rings is 2. The Labute approximate surface area is 180 Å². The maximum absolute atomic E-state index is 13.7. The number of hydrogen-bond donors (Lipinski definition) is 1. The smallest absolute Gasteiger partial charge is 0.342 e. The summed E-state index contributed by atoms with van der Waals surface area (Å²) in [5.41, 5.74) is -1.86. The van der Waals surface area contributed by atoms with Gasteiger partial charge in [0.1, 0.15) is 5.82 Å². The van der Waals surface area contributed by atoms with E-state index in [0.29, 0.717) is 11.2 Å². The number of alkyl halides is 3. The summed E-state index contributed by atoms with van der Waals surface area (Å²) < 4.78 is 54.8. The second-order valence-electron chi connectivity index (χ2n) is 6.75. The van der Waals surface area contributed by atoms with E-state index in [0.717, 1.165) is 17.7 Å². The van der Waals surface area contributed by atoms with Crippen LogP contribution in [0.3, 0.4) is 0 Å². The molecule has 0 aliphatic carbocycles. The Morgan fingerprint density at radius 1 is 1.09 bits per heavy atom. The Morgan fingerprint density at radius 2 is 1.81 bits per heavy atom. The maximum Gasteiger partial charge on any atom is 0.435 e. The molecule has 0 bridgehead atoms. The fraction of sp³-hybridized carbons (Fsp3) is 0.238. The molecule has 7 nitrogen and oxygen atoms in total. The number of aromatic nitrogens is 3. The lowest BCUT2D eigenvalue weighted by atomic mass is 10.2. The van der Waals surface area contributed by atoms with Gasteiger partial charge in [-0.05, 0) is 30.7 Å². The number of carbonyl (C=O) groups excluding carboxylic acids is 2. The van der Waals surface area contributed by atoms with Crippen molar-refractivity contribution in [2.45, 2.75) is 19.6 Å². The third kappa shape index (κ3) is 5.29. The Bertz CT molecular complexity index is 1100. The number of halogens is 4. The van der Waals surface area contributed by atoms with Crippen molar-refractivity contribution in [2.75, 3.05) is 13.1 Å². The van der Waals surface area contributed by atoms with E-state index in [2.05, 4.69) is 15.6 Å². The van der Waals surface area contributed by atoms with Crippen LogP contribution in [-0.2, 0) is 17.5 Å². The van der Waals surface area contributed by atoms with Crippen LogP contribution in [0.15, 0.2) is 54.6 Å². The molecule has 1 aromatic heterocycles. The lowest BCUT2D eigenvalue weighted by molar-refractivity contribution is -0.143. The standard InChI is InChI=1S/C21H19F4N5O2/c1-2-29(13-14-7-4-3-5-8-14)17(31)12-26-20(32)18-19(21(23,24)25)30(28-27-18)16-10-6-9-15(22)11-16/h3-11H,2,12-13H2,1H3,(H,26,32). The lowest BCUT2D eigenvalue weighted by Gasteiger charge is -2.21. The summed E-state index contributed by atoms with van der Waals surface area (Å²) in [6.07, 6.45) is -5.00. The van der Waals surface area contributed by atoms with Crippen molar-refractivity contribution < 1.29 is 27.2 Å². The van der Waals surface area contributed by atoms with E-state index in [1.54, 1.807) is 6.92 Å². The maximum atomic E-state index is 13.7. The molecule has 3 aromatic rings. The van der Waals surface area contributed by atoms with Gasteiger partial charge in [-0.3, -0.25) is 9.59 Å². The van der Waals surface area contributed by atoms with E-state index in [1.165, 1.54) is 17.0 Å². The molecule has 3 rings (SSSR count). The number of nitrogens with one attached hydrogen (secondary N) is 1. The fourth-order valence-corrected chi connectivity index (χ4v) is 3.01. The van der Waals surface area contributed by atoms with E-state index in [-0.39, 0.29) is 12.2 Å². The van der Waals surface area contributed by atoms with E-state index < -0.39 is 41.7 Å². The summed E-state index contributed by atoms with van der Waals surface area (Å²) in [7, 11) is 0. The minimum absolute atomic E-state index is 0.250. The average molecular weight is 449 g/mol. The lowest BCUT2D eigenvalue weighted by Crippen LogP contribution is -2.40. The van der Waals surface area contributed by atoms with Gasteiger partial charge in [0.15, 0.2) is 11.4 Å². The van der Waals surface area contributed by atoms with Crippen LogP contribution in [0.1, 0.15) is 28.7 Å². The first kappa shape index (κ1) is 22.9. The van der Waals surface area contributed by atoms with Crippen molar-refractivity contribution in [3.8, 4) is 5.69 Å². The van der Waals surface area contributed by atoms with Gasteiger partial charge in [0.2, 0.25) is 5.91 Å². The van der Waals surface area contributed by atoms with Gasteiger partial charge in [-0.1, -0.05) is 41.6 Å². The zero-order valence-corrected chi connectivity index (χ0v) is 16.9. The van der Waals surface area contributed by atoms with Gasteiger partial charge in [-0.25, -0.2) is 9.07 Å². The SMILES string of the molecule is CCN(Cc1ccccc1)C(=O)CNC(=O)c1nnn(-c2cccc(F)c2)c1C(F)(F)F. The second kappa shape index (κ2) is 9.58. The third-order valence-electron chi connectivity index (χ3n) is 4.56. The van der Waals surface area contributed by atoms with Crippen LogP contribution in [-0.4, -0.2) is 44.8 Å². The second-order valence-corrected chi connectivity index (χ2v) is 6.75. The topological polar surface area (TPSA) is 80.1 Å². The van der Waals surface area contributed by atoms with E-state index in [9.17, 15) is 27.2 Å². The van der Waals surface area contributed by atoms with Gasteiger partial charge in [0.05, 0.1) is 12.2 Å². The van der Waals surface area contributed by atoms with Crippen molar-refractivity contribution in [3.05, 3.63) is 77.4 Å². The Morgan fingerprint density at radius 3 is 2.44 bits per heavy atom. The zero-order chi connectivity index (χ0) is 23.3. The molecule has 0 aliphatic rings. The molecule has 0 unspecified atom stereocenters. The normalized spacial score (nSPS) is 11.3. The summed E-state index contributed by atoms with van der Waals surface area (Å²) in [5.74, 6) is -2.47. The quantitative estimate of drug-likeness (QED) is 0.562. The van der Waals surface area contributed by atoms with Crippen molar-refractivity contribution in [1.82, 2.24) is 25.2 Å². The van der Waals surface area contributed by atoms with Gasteiger partial charge in [-0.2, -0.15) is 13.2 Å². The molecule has 0 atom stereocenters. The van der Waals surface area contributed by atoms with Crippen molar-refractivity contribution >= 4 is 11.8 Å². The molecule has 1 N–H and O–H groups in total. The summed E-state index contributed by atoms with van der Waals surface area (Å²) >= 11 is 0. The van der Waals surface area contributed by atoms with Crippen molar-refractivity contribution in [1.29, 1.82) is 0 Å². The average Bonchev–Trinajstić information content (AvgIpc) is 3.22. The van der Waals surface area contributed by atoms with Crippen molar-refractivity contribution in [3.63, 3.8) is 0 Å². The number of amides is 2. The molecule has 0 fully saturated rings. The van der Waals surface area contributed by atoms with Crippen LogP contribution in [0, 0.1) is 5.82 Å². The minimum Gasteiger partial charge on any atom is -0.342 e. The monoisotopic (exact) mass is 449 g/mol. The number of rotatable bonds is 7. The highest BCUT2D eigenvalue weighted by atomic mass is 19.4. The first-order valence-corrected chi connectivity index (χ1v) is 9.59. The number of nitrogens with zero attached hydrogens (tertiary/aromatic N) is 4. The molecule has 0 aliphatic heterocycles. The molecular formula is C21H19F4N5O2. The zero-order valence-electron chi connectivity index (χ0n) is 16.9. The molecular weight excluding hydrogens is 430 g/mol. The minimum atomic E-state index is -5.00.